The van der Waals surface area contributed by atoms with Crippen LogP contribution in [0.2, 0.25) is 0 Å². The molecule has 0 heterocycles. The Morgan fingerprint density at radius 3 is 2.33 bits per heavy atom. The maximum absolute atomic E-state index is 10.8. The molecule has 2 N–H and O–H groups in total. The van der Waals surface area contributed by atoms with Crippen molar-refractivity contribution in [3.8, 4) is 5.75 Å². The Bertz CT molecular complexity index is 343. The Labute approximate surface area is 93.1 Å². The van der Waals surface area contributed by atoms with Crippen LogP contribution in [0.15, 0.2) is 29.2 Å². The fourth-order valence-electron chi connectivity index (χ4n) is 0.868. The molecule has 1 rings (SSSR count). The highest BCUT2D eigenvalue weighted by molar-refractivity contribution is 7.99. The molecule has 1 aromatic rings. The van der Waals surface area contributed by atoms with Gasteiger partial charge in [-0.05, 0) is 38.1 Å². The first-order valence-electron chi connectivity index (χ1n) is 4.57. The zero-order chi connectivity index (χ0) is 11.5. The minimum Gasteiger partial charge on any atom is -0.508 e. The third kappa shape index (κ3) is 3.47. The Hall–Kier alpha value is -1.16. The smallest absolute Gasteiger partial charge is 0.309 e. The van der Waals surface area contributed by atoms with Gasteiger partial charge >= 0.3 is 5.97 Å². The third-order valence-corrected chi connectivity index (χ3v) is 3.49. The lowest BCUT2D eigenvalue weighted by Gasteiger charge is -2.18. The van der Waals surface area contributed by atoms with Crippen molar-refractivity contribution < 1.29 is 15.0 Å². The van der Waals surface area contributed by atoms with E-state index in [1.165, 1.54) is 11.8 Å². The van der Waals surface area contributed by atoms with Crippen LogP contribution >= 0.6 is 11.8 Å². The summed E-state index contributed by atoms with van der Waals surface area (Å²) in [5.41, 5.74) is -0.734. The molecule has 82 valence electrons. The Morgan fingerprint density at radius 1 is 1.33 bits per heavy atom. The molecule has 0 atom stereocenters. The van der Waals surface area contributed by atoms with Gasteiger partial charge in [-0.15, -0.1) is 11.8 Å². The van der Waals surface area contributed by atoms with Crippen molar-refractivity contribution in [3.05, 3.63) is 24.3 Å². The number of carboxylic acids is 1. The Kier molecular flexibility index (Phi) is 3.63. The topological polar surface area (TPSA) is 57.5 Å². The minimum absolute atomic E-state index is 0.219. The molecular weight excluding hydrogens is 212 g/mol. The lowest BCUT2D eigenvalue weighted by molar-refractivity contribution is -0.145. The van der Waals surface area contributed by atoms with E-state index in [1.54, 1.807) is 38.1 Å². The van der Waals surface area contributed by atoms with Gasteiger partial charge in [0.25, 0.3) is 0 Å². The van der Waals surface area contributed by atoms with Crippen molar-refractivity contribution >= 4 is 17.7 Å². The Balaban J connectivity index is 2.57. The van der Waals surface area contributed by atoms with Gasteiger partial charge in [-0.3, -0.25) is 4.79 Å². The minimum atomic E-state index is -0.797. The summed E-state index contributed by atoms with van der Waals surface area (Å²) in [5, 5.41) is 18.0. The maximum atomic E-state index is 10.8. The van der Waals surface area contributed by atoms with E-state index in [4.69, 9.17) is 10.2 Å². The zero-order valence-electron chi connectivity index (χ0n) is 8.73. The molecule has 1 aromatic carbocycles. The van der Waals surface area contributed by atoms with Crippen molar-refractivity contribution in [1.82, 2.24) is 0 Å². The van der Waals surface area contributed by atoms with Crippen molar-refractivity contribution in [1.29, 1.82) is 0 Å². The van der Waals surface area contributed by atoms with Gasteiger partial charge in [0.1, 0.15) is 5.75 Å². The largest absolute Gasteiger partial charge is 0.508 e. The van der Waals surface area contributed by atoms with E-state index in [0.29, 0.717) is 5.75 Å². The maximum Gasteiger partial charge on any atom is 0.309 e. The molecular formula is C11H14O3S. The van der Waals surface area contributed by atoms with Crippen LogP contribution in [0.5, 0.6) is 5.75 Å². The zero-order valence-corrected chi connectivity index (χ0v) is 9.54. The highest BCUT2D eigenvalue weighted by Crippen LogP contribution is 2.28. The second-order valence-electron chi connectivity index (χ2n) is 3.97. The number of thioether (sulfide) groups is 1. The summed E-state index contributed by atoms with van der Waals surface area (Å²) in [6.45, 7) is 3.39. The van der Waals surface area contributed by atoms with Gasteiger partial charge in [-0.25, -0.2) is 0 Å². The first-order chi connectivity index (χ1) is 6.92. The molecule has 0 amide bonds. The van der Waals surface area contributed by atoms with Gasteiger partial charge in [-0.2, -0.15) is 0 Å². The van der Waals surface area contributed by atoms with Gasteiger partial charge < -0.3 is 10.2 Å². The average molecular weight is 226 g/mol. The first kappa shape index (κ1) is 11.9. The fraction of sp³-hybridized carbons (Fsp3) is 0.364. The normalized spacial score (nSPS) is 11.3. The van der Waals surface area contributed by atoms with E-state index in [0.717, 1.165) is 4.90 Å². The molecule has 0 bridgehead atoms. The monoisotopic (exact) mass is 226 g/mol. The molecule has 3 nitrogen and oxygen atoms in total. The van der Waals surface area contributed by atoms with Gasteiger partial charge in [0.05, 0.1) is 5.41 Å². The summed E-state index contributed by atoms with van der Waals surface area (Å²) >= 11 is 1.47. The number of hydrogen-bond donors (Lipinski definition) is 2. The van der Waals surface area contributed by atoms with E-state index < -0.39 is 11.4 Å². The van der Waals surface area contributed by atoms with Gasteiger partial charge in [0.2, 0.25) is 0 Å². The highest BCUT2D eigenvalue weighted by Gasteiger charge is 2.26. The van der Waals surface area contributed by atoms with Crippen LogP contribution in [0.3, 0.4) is 0 Å². The number of phenols is 1. The average Bonchev–Trinajstić information content (AvgIpc) is 2.17. The van der Waals surface area contributed by atoms with Crippen LogP contribution in [0.4, 0.5) is 0 Å². The van der Waals surface area contributed by atoms with Crippen molar-refractivity contribution in [3.63, 3.8) is 0 Å². The molecule has 0 spiro atoms. The van der Waals surface area contributed by atoms with Crippen molar-refractivity contribution in [2.45, 2.75) is 18.7 Å². The van der Waals surface area contributed by atoms with Crippen LogP contribution in [0.25, 0.3) is 0 Å². The number of aromatic hydroxyl groups is 1. The number of carboxylic acid groups (broad SMARTS) is 1. The molecule has 0 saturated carbocycles. The van der Waals surface area contributed by atoms with Gasteiger partial charge in [0, 0.05) is 10.6 Å². The second-order valence-corrected chi connectivity index (χ2v) is 5.02. The number of aliphatic carboxylic acids is 1. The summed E-state index contributed by atoms with van der Waals surface area (Å²) in [4.78, 5) is 11.8. The molecule has 0 saturated heterocycles. The summed E-state index contributed by atoms with van der Waals surface area (Å²) < 4.78 is 0. The summed E-state index contributed by atoms with van der Waals surface area (Å²) in [6.07, 6.45) is 0. The van der Waals surface area contributed by atoms with E-state index in [1.807, 2.05) is 0 Å². The van der Waals surface area contributed by atoms with E-state index in [9.17, 15) is 4.79 Å². The number of phenolic OH excluding ortho intramolecular Hbond substituents is 1. The second kappa shape index (κ2) is 4.57. The number of benzene rings is 1. The van der Waals surface area contributed by atoms with E-state index in [2.05, 4.69) is 0 Å². The molecule has 15 heavy (non-hydrogen) atoms. The predicted molar refractivity (Wildman–Crippen MR) is 60.2 cm³/mol. The van der Waals surface area contributed by atoms with E-state index >= 15 is 0 Å². The number of rotatable bonds is 4. The predicted octanol–water partition coefficient (Wildman–Crippen LogP) is 2.60. The number of carbonyl (C=O) groups is 1. The molecule has 0 aliphatic rings. The molecule has 0 aromatic heterocycles. The molecule has 0 aliphatic heterocycles. The lowest BCUT2D eigenvalue weighted by atomic mass is 9.97. The molecule has 0 unspecified atom stereocenters. The first-order valence-corrected chi connectivity index (χ1v) is 5.55. The molecule has 0 aliphatic carbocycles. The van der Waals surface area contributed by atoms with Crippen LogP contribution in [0.1, 0.15) is 13.8 Å². The standard InChI is InChI=1S/C11H14O3S/c1-11(2,10(13)14)7-15-9-5-3-8(12)4-6-9/h3-6,12H,7H2,1-2H3,(H,13,14). The van der Waals surface area contributed by atoms with Crippen LogP contribution < -0.4 is 0 Å². The lowest BCUT2D eigenvalue weighted by Crippen LogP contribution is -2.26. The van der Waals surface area contributed by atoms with Crippen molar-refractivity contribution in [2.75, 3.05) is 5.75 Å². The quantitative estimate of drug-likeness (QED) is 0.775. The highest BCUT2D eigenvalue weighted by atomic mass is 32.2. The van der Waals surface area contributed by atoms with Crippen molar-refractivity contribution in [2.24, 2.45) is 5.41 Å². The SMILES string of the molecule is CC(C)(CSc1ccc(O)cc1)C(=O)O. The third-order valence-electron chi connectivity index (χ3n) is 2.02. The molecule has 4 heteroatoms. The van der Waals surface area contributed by atoms with Crippen LogP contribution in [0, 0.1) is 5.41 Å². The fourth-order valence-corrected chi connectivity index (χ4v) is 1.85. The van der Waals surface area contributed by atoms with Gasteiger partial charge in [-0.1, -0.05) is 0 Å². The summed E-state index contributed by atoms with van der Waals surface area (Å²) in [7, 11) is 0. The van der Waals surface area contributed by atoms with Crippen LogP contribution in [-0.4, -0.2) is 21.9 Å². The summed E-state index contributed by atoms with van der Waals surface area (Å²) in [5.74, 6) is -0.0711. The molecule has 0 radical (unpaired) electrons. The van der Waals surface area contributed by atoms with Gasteiger partial charge in [0.15, 0.2) is 0 Å². The number of hydrogen-bond acceptors (Lipinski definition) is 3. The summed E-state index contributed by atoms with van der Waals surface area (Å²) in [6, 6.07) is 6.74. The van der Waals surface area contributed by atoms with Crippen LogP contribution in [-0.2, 0) is 4.79 Å². The Morgan fingerprint density at radius 2 is 1.87 bits per heavy atom. The van der Waals surface area contributed by atoms with E-state index in [-0.39, 0.29) is 5.75 Å². The molecule has 0 fully saturated rings.